The Morgan fingerprint density at radius 1 is 1.50 bits per heavy atom. The summed E-state index contributed by atoms with van der Waals surface area (Å²) < 4.78 is -0.359. The molecule has 2 rings (SSSR count). The first kappa shape index (κ1) is 13.1. The van der Waals surface area contributed by atoms with Crippen LogP contribution in [0.2, 0.25) is 0 Å². The number of hydrogen-bond acceptors (Lipinski definition) is 4. The Bertz CT molecular complexity index is 507. The molecule has 0 bridgehead atoms. The highest BCUT2D eigenvalue weighted by molar-refractivity contribution is 8.01. The second-order valence-electron chi connectivity index (χ2n) is 4.77. The Balaban J connectivity index is 2.32. The maximum atomic E-state index is 12.4. The predicted molar refractivity (Wildman–Crippen MR) is 72.3 cm³/mol. The van der Waals surface area contributed by atoms with Crippen LogP contribution in [0.25, 0.3) is 0 Å². The first-order valence-electron chi connectivity index (χ1n) is 5.88. The normalized spacial score (nSPS) is 23.0. The monoisotopic (exact) mass is 265 g/mol. The zero-order chi connectivity index (χ0) is 13.3. The van der Waals surface area contributed by atoms with Crippen LogP contribution in [0.4, 0.5) is 5.69 Å². The number of nitro benzene ring substituents is 1. The van der Waals surface area contributed by atoms with Gasteiger partial charge in [0.1, 0.15) is 0 Å². The highest BCUT2D eigenvalue weighted by atomic mass is 32.2. The van der Waals surface area contributed by atoms with E-state index in [4.69, 9.17) is 0 Å². The van der Waals surface area contributed by atoms with Crippen LogP contribution in [-0.2, 0) is 0 Å². The quantitative estimate of drug-likeness (QED) is 0.477. The van der Waals surface area contributed by atoms with Crippen molar-refractivity contribution in [1.82, 2.24) is 0 Å². The molecule has 0 radical (unpaired) electrons. The summed E-state index contributed by atoms with van der Waals surface area (Å²) in [6.07, 6.45) is 1.94. The van der Waals surface area contributed by atoms with Gasteiger partial charge in [-0.3, -0.25) is 14.9 Å². The van der Waals surface area contributed by atoms with Crippen molar-refractivity contribution in [3.63, 3.8) is 0 Å². The lowest BCUT2D eigenvalue weighted by atomic mass is 9.93. The smallest absolute Gasteiger partial charge is 0.272 e. The Morgan fingerprint density at radius 3 is 2.72 bits per heavy atom. The van der Waals surface area contributed by atoms with Gasteiger partial charge in [-0.05, 0) is 44.6 Å². The Kier molecular flexibility index (Phi) is 3.43. The number of Topliss-reactive ketones (excluding diaryl/α,β-unsaturated/α-hetero) is 1. The molecule has 0 amide bonds. The minimum atomic E-state index is -0.421. The molecule has 0 aromatic heterocycles. The first-order chi connectivity index (χ1) is 8.44. The van der Waals surface area contributed by atoms with Gasteiger partial charge in [-0.2, -0.15) is 0 Å². The topological polar surface area (TPSA) is 60.2 Å². The SMILES string of the molecule is Cc1cc(C(=O)C2(C)CCCS2)ccc1[N+](=O)[O-]. The zero-order valence-corrected chi connectivity index (χ0v) is 11.3. The molecule has 4 nitrogen and oxygen atoms in total. The molecule has 0 aliphatic carbocycles. The van der Waals surface area contributed by atoms with E-state index in [0.717, 1.165) is 18.6 Å². The number of carbonyl (C=O) groups excluding carboxylic acids is 1. The largest absolute Gasteiger partial charge is 0.293 e. The van der Waals surface area contributed by atoms with Crippen LogP contribution < -0.4 is 0 Å². The summed E-state index contributed by atoms with van der Waals surface area (Å²) >= 11 is 1.68. The lowest BCUT2D eigenvalue weighted by Gasteiger charge is -2.20. The summed E-state index contributed by atoms with van der Waals surface area (Å²) in [5.41, 5.74) is 1.18. The minimum Gasteiger partial charge on any atom is -0.293 e. The molecule has 0 spiro atoms. The number of thioether (sulfide) groups is 1. The number of nitrogens with zero attached hydrogens (tertiary/aromatic N) is 1. The van der Waals surface area contributed by atoms with E-state index < -0.39 is 4.92 Å². The molecule has 0 N–H and O–H groups in total. The van der Waals surface area contributed by atoms with Gasteiger partial charge in [-0.1, -0.05) is 0 Å². The maximum Gasteiger partial charge on any atom is 0.272 e. The van der Waals surface area contributed by atoms with Crippen molar-refractivity contribution >= 4 is 23.2 Å². The summed E-state index contributed by atoms with van der Waals surface area (Å²) in [7, 11) is 0. The Hall–Kier alpha value is -1.36. The molecule has 1 fully saturated rings. The van der Waals surface area contributed by atoms with E-state index in [0.29, 0.717) is 11.1 Å². The molecule has 1 unspecified atom stereocenters. The number of aryl methyl sites for hydroxylation is 1. The van der Waals surface area contributed by atoms with Crippen LogP contribution in [0.15, 0.2) is 18.2 Å². The summed E-state index contributed by atoms with van der Waals surface area (Å²) in [5, 5.41) is 10.7. The molecule has 1 atom stereocenters. The van der Waals surface area contributed by atoms with E-state index in [1.165, 1.54) is 6.07 Å². The number of hydrogen-bond donors (Lipinski definition) is 0. The predicted octanol–water partition coefficient (Wildman–Crippen LogP) is 3.37. The summed E-state index contributed by atoms with van der Waals surface area (Å²) in [5.74, 6) is 1.09. The van der Waals surface area contributed by atoms with Crippen LogP contribution in [0.1, 0.15) is 35.7 Å². The molecule has 1 aliphatic heterocycles. The van der Waals surface area contributed by atoms with Crippen LogP contribution >= 0.6 is 11.8 Å². The minimum absolute atomic E-state index is 0.0655. The lowest BCUT2D eigenvalue weighted by molar-refractivity contribution is -0.385. The van der Waals surface area contributed by atoms with Gasteiger partial charge < -0.3 is 0 Å². The number of rotatable bonds is 3. The van der Waals surface area contributed by atoms with Crippen molar-refractivity contribution in [3.8, 4) is 0 Å². The van der Waals surface area contributed by atoms with Gasteiger partial charge in [0.05, 0.1) is 9.67 Å². The van der Waals surface area contributed by atoms with E-state index in [-0.39, 0.29) is 16.2 Å². The van der Waals surface area contributed by atoms with E-state index in [1.807, 2.05) is 6.92 Å². The highest BCUT2D eigenvalue weighted by Gasteiger charge is 2.37. The van der Waals surface area contributed by atoms with E-state index in [1.54, 1.807) is 30.8 Å². The Morgan fingerprint density at radius 2 is 2.22 bits per heavy atom. The van der Waals surface area contributed by atoms with Crippen LogP contribution in [0, 0.1) is 17.0 Å². The van der Waals surface area contributed by atoms with E-state index >= 15 is 0 Å². The molecule has 5 heteroatoms. The van der Waals surface area contributed by atoms with E-state index in [9.17, 15) is 14.9 Å². The van der Waals surface area contributed by atoms with Crippen molar-refractivity contribution in [2.45, 2.75) is 31.4 Å². The average molecular weight is 265 g/mol. The molecule has 0 saturated carbocycles. The molecular formula is C13H15NO3S. The number of ketones is 1. The fourth-order valence-corrected chi connectivity index (χ4v) is 3.54. The van der Waals surface area contributed by atoms with Crippen molar-refractivity contribution in [3.05, 3.63) is 39.4 Å². The molecular weight excluding hydrogens is 250 g/mol. The maximum absolute atomic E-state index is 12.4. The van der Waals surface area contributed by atoms with Crippen molar-refractivity contribution < 1.29 is 9.72 Å². The Labute approximate surface area is 110 Å². The van der Waals surface area contributed by atoms with Gasteiger partial charge in [-0.15, -0.1) is 11.8 Å². The molecule has 1 heterocycles. The van der Waals surface area contributed by atoms with Gasteiger partial charge in [0.2, 0.25) is 0 Å². The molecule has 18 heavy (non-hydrogen) atoms. The number of benzene rings is 1. The summed E-state index contributed by atoms with van der Waals surface area (Å²) in [6.45, 7) is 3.63. The van der Waals surface area contributed by atoms with Crippen LogP contribution in [-0.4, -0.2) is 21.2 Å². The number of carbonyl (C=O) groups is 1. The standard InChI is InChI=1S/C13H15NO3S/c1-9-8-10(4-5-11(9)14(16)17)12(15)13(2)6-3-7-18-13/h4-5,8H,3,6-7H2,1-2H3. The second kappa shape index (κ2) is 4.72. The molecule has 1 aromatic carbocycles. The number of nitro groups is 1. The fourth-order valence-electron chi connectivity index (χ4n) is 2.27. The van der Waals surface area contributed by atoms with Crippen molar-refractivity contribution in [2.75, 3.05) is 5.75 Å². The molecule has 96 valence electrons. The van der Waals surface area contributed by atoms with Gasteiger partial charge in [0.25, 0.3) is 5.69 Å². The molecule has 1 aliphatic rings. The van der Waals surface area contributed by atoms with Gasteiger partial charge in [-0.25, -0.2) is 0 Å². The zero-order valence-electron chi connectivity index (χ0n) is 10.4. The summed E-state index contributed by atoms with van der Waals surface area (Å²) in [4.78, 5) is 22.7. The van der Waals surface area contributed by atoms with Crippen LogP contribution in [0.5, 0.6) is 0 Å². The van der Waals surface area contributed by atoms with Crippen LogP contribution in [0.3, 0.4) is 0 Å². The first-order valence-corrected chi connectivity index (χ1v) is 6.86. The average Bonchev–Trinajstić information content (AvgIpc) is 2.76. The van der Waals surface area contributed by atoms with E-state index in [2.05, 4.69) is 0 Å². The third-order valence-electron chi connectivity index (χ3n) is 3.35. The van der Waals surface area contributed by atoms with Gasteiger partial charge in [0.15, 0.2) is 5.78 Å². The summed E-state index contributed by atoms with van der Waals surface area (Å²) in [6, 6.07) is 4.62. The van der Waals surface area contributed by atoms with Crippen molar-refractivity contribution in [1.29, 1.82) is 0 Å². The van der Waals surface area contributed by atoms with Gasteiger partial charge in [0, 0.05) is 17.2 Å². The fraction of sp³-hybridized carbons (Fsp3) is 0.462. The highest BCUT2D eigenvalue weighted by Crippen LogP contribution is 2.40. The lowest BCUT2D eigenvalue weighted by Crippen LogP contribution is -2.28. The molecule has 1 saturated heterocycles. The van der Waals surface area contributed by atoms with Crippen molar-refractivity contribution in [2.24, 2.45) is 0 Å². The molecule has 1 aromatic rings. The second-order valence-corrected chi connectivity index (χ2v) is 6.37. The van der Waals surface area contributed by atoms with Gasteiger partial charge >= 0.3 is 0 Å². The third-order valence-corrected chi connectivity index (χ3v) is 4.87. The third kappa shape index (κ3) is 2.27.